The van der Waals surface area contributed by atoms with Crippen molar-refractivity contribution in [2.24, 2.45) is 0 Å². The maximum Gasteiger partial charge on any atom is 0.264 e. The Morgan fingerprint density at radius 3 is 2.29 bits per heavy atom. The van der Waals surface area contributed by atoms with E-state index >= 15 is 0 Å². The van der Waals surface area contributed by atoms with E-state index < -0.39 is 39.2 Å². The predicted octanol–water partition coefficient (Wildman–Crippen LogP) is 2.90. The first-order valence-corrected chi connectivity index (χ1v) is 6.95. The summed E-state index contributed by atoms with van der Waals surface area (Å²) in [6.45, 7) is 1.11. The van der Waals surface area contributed by atoms with Gasteiger partial charge in [-0.3, -0.25) is 4.18 Å². The van der Waals surface area contributed by atoms with E-state index in [9.17, 15) is 21.6 Å². The third kappa shape index (κ3) is 3.43. The summed E-state index contributed by atoms with van der Waals surface area (Å²) < 4.78 is 65.7. The maximum absolute atomic E-state index is 13.5. The lowest BCUT2D eigenvalue weighted by molar-refractivity contribution is 0.223. The number of halogens is 4. The summed E-state index contributed by atoms with van der Waals surface area (Å²) in [5.41, 5.74) is -0.776. The second-order valence-corrected chi connectivity index (χ2v) is 5.78. The van der Waals surface area contributed by atoms with Crippen LogP contribution in [0.25, 0.3) is 0 Å². The molecule has 1 unspecified atom stereocenters. The minimum atomic E-state index is -3.90. The van der Waals surface area contributed by atoms with Crippen molar-refractivity contribution in [2.75, 3.05) is 6.26 Å². The monoisotopic (exact) mass is 332 g/mol. The molecule has 1 aromatic carbocycles. The van der Waals surface area contributed by atoms with Gasteiger partial charge in [-0.05, 0) is 28.9 Å². The molecule has 0 aliphatic rings. The minimum absolute atomic E-state index is 0.310. The van der Waals surface area contributed by atoms with Crippen LogP contribution in [0.4, 0.5) is 13.2 Å². The largest absolute Gasteiger partial charge is 0.264 e. The molecule has 17 heavy (non-hydrogen) atoms. The van der Waals surface area contributed by atoms with Crippen molar-refractivity contribution in [3.63, 3.8) is 0 Å². The molecule has 0 N–H and O–H groups in total. The van der Waals surface area contributed by atoms with Crippen LogP contribution in [0.3, 0.4) is 0 Å². The number of rotatable bonds is 3. The summed E-state index contributed by atoms with van der Waals surface area (Å²) in [4.78, 5) is 0. The Morgan fingerprint density at radius 2 is 1.82 bits per heavy atom. The normalized spacial score (nSPS) is 13.8. The first-order chi connectivity index (χ1) is 7.63. The molecule has 0 spiro atoms. The molecule has 8 heteroatoms. The van der Waals surface area contributed by atoms with Crippen molar-refractivity contribution in [3.8, 4) is 0 Å². The molecular weight excluding hydrogens is 325 g/mol. The van der Waals surface area contributed by atoms with Gasteiger partial charge in [-0.15, -0.1) is 0 Å². The smallest absolute Gasteiger partial charge is 0.262 e. The average molecular weight is 333 g/mol. The van der Waals surface area contributed by atoms with E-state index in [0.717, 1.165) is 13.2 Å². The Morgan fingerprint density at radius 1 is 1.29 bits per heavy atom. The van der Waals surface area contributed by atoms with Crippen molar-refractivity contribution < 1.29 is 25.8 Å². The van der Waals surface area contributed by atoms with Gasteiger partial charge in [0.15, 0.2) is 11.6 Å². The summed E-state index contributed by atoms with van der Waals surface area (Å²) in [6, 6.07) is 0.612. The molecule has 0 amide bonds. The van der Waals surface area contributed by atoms with Crippen molar-refractivity contribution in [1.29, 1.82) is 0 Å². The molecule has 0 fully saturated rings. The molecule has 0 aliphatic carbocycles. The fourth-order valence-electron chi connectivity index (χ4n) is 1.26. The molecule has 1 aromatic rings. The number of hydrogen-bond acceptors (Lipinski definition) is 3. The third-order valence-corrected chi connectivity index (χ3v) is 3.09. The fourth-order valence-corrected chi connectivity index (χ4v) is 2.29. The van der Waals surface area contributed by atoms with Crippen LogP contribution < -0.4 is 0 Å². The minimum Gasteiger partial charge on any atom is -0.262 e. The van der Waals surface area contributed by atoms with Crippen LogP contribution in [0.15, 0.2) is 10.5 Å². The molecule has 3 nitrogen and oxygen atoms in total. The van der Waals surface area contributed by atoms with E-state index in [1.807, 2.05) is 0 Å². The molecule has 0 heterocycles. The van der Waals surface area contributed by atoms with Crippen LogP contribution in [-0.2, 0) is 14.3 Å². The van der Waals surface area contributed by atoms with Gasteiger partial charge in [0, 0.05) is 0 Å². The fraction of sp³-hybridized carbons (Fsp3) is 0.333. The Hall–Kier alpha value is -0.600. The predicted molar refractivity (Wildman–Crippen MR) is 58.4 cm³/mol. The summed E-state index contributed by atoms with van der Waals surface area (Å²) in [7, 11) is -3.90. The molecule has 0 radical (unpaired) electrons. The van der Waals surface area contributed by atoms with E-state index in [1.54, 1.807) is 0 Å². The molecule has 1 rings (SSSR count). The van der Waals surface area contributed by atoms with Crippen LogP contribution in [-0.4, -0.2) is 14.7 Å². The second kappa shape index (κ2) is 4.95. The highest BCUT2D eigenvalue weighted by atomic mass is 79.9. The summed E-state index contributed by atoms with van der Waals surface area (Å²) in [5, 5.41) is 0. The molecule has 0 aliphatic heterocycles. The van der Waals surface area contributed by atoms with Gasteiger partial charge in [0.1, 0.15) is 11.9 Å². The summed E-state index contributed by atoms with van der Waals surface area (Å²) in [5.74, 6) is -3.86. The van der Waals surface area contributed by atoms with Crippen LogP contribution in [0, 0.1) is 17.5 Å². The SMILES string of the molecule is CC(OS(C)(=O)=O)c1c(F)c(F)cc(Br)c1F. The van der Waals surface area contributed by atoms with Crippen molar-refractivity contribution >= 4 is 26.0 Å². The Kier molecular flexibility index (Phi) is 4.21. The first-order valence-electron chi connectivity index (χ1n) is 4.34. The third-order valence-electron chi connectivity index (χ3n) is 1.87. The Bertz CT molecular complexity index is 519. The van der Waals surface area contributed by atoms with E-state index in [1.165, 1.54) is 0 Å². The zero-order valence-electron chi connectivity index (χ0n) is 8.80. The van der Waals surface area contributed by atoms with Gasteiger partial charge >= 0.3 is 0 Å². The van der Waals surface area contributed by atoms with Crippen molar-refractivity contribution in [3.05, 3.63) is 33.6 Å². The Labute approximate surface area is 105 Å². The van der Waals surface area contributed by atoms with E-state index in [4.69, 9.17) is 0 Å². The van der Waals surface area contributed by atoms with Gasteiger partial charge in [-0.2, -0.15) is 8.42 Å². The van der Waals surface area contributed by atoms with Gasteiger partial charge in [-0.25, -0.2) is 13.2 Å². The van der Waals surface area contributed by atoms with Crippen LogP contribution >= 0.6 is 15.9 Å². The molecule has 0 bridgehead atoms. The van der Waals surface area contributed by atoms with Gasteiger partial charge < -0.3 is 0 Å². The first kappa shape index (κ1) is 14.5. The lowest BCUT2D eigenvalue weighted by atomic mass is 10.1. The van der Waals surface area contributed by atoms with Gasteiger partial charge in [0.05, 0.1) is 16.3 Å². The molecule has 96 valence electrons. The highest BCUT2D eigenvalue weighted by Crippen LogP contribution is 2.31. The highest BCUT2D eigenvalue weighted by Gasteiger charge is 2.25. The molecule has 0 saturated heterocycles. The van der Waals surface area contributed by atoms with E-state index in [0.29, 0.717) is 6.07 Å². The molecular formula is C9H8BrF3O3S. The van der Waals surface area contributed by atoms with Gasteiger partial charge in [-0.1, -0.05) is 0 Å². The van der Waals surface area contributed by atoms with Crippen molar-refractivity contribution in [2.45, 2.75) is 13.0 Å². The Balaban J connectivity index is 3.31. The zero-order chi connectivity index (χ0) is 13.4. The maximum atomic E-state index is 13.5. The highest BCUT2D eigenvalue weighted by molar-refractivity contribution is 9.10. The molecule has 1 atom stereocenters. The van der Waals surface area contributed by atoms with Crippen LogP contribution in [0.2, 0.25) is 0 Å². The van der Waals surface area contributed by atoms with Crippen LogP contribution in [0.5, 0.6) is 0 Å². The lowest BCUT2D eigenvalue weighted by Crippen LogP contribution is -2.12. The number of hydrogen-bond donors (Lipinski definition) is 0. The summed E-state index contributed by atoms with van der Waals surface area (Å²) >= 11 is 2.69. The molecule has 0 aromatic heterocycles. The second-order valence-electron chi connectivity index (χ2n) is 3.32. The van der Waals surface area contributed by atoms with E-state index in [2.05, 4.69) is 20.1 Å². The summed E-state index contributed by atoms with van der Waals surface area (Å²) in [6.07, 6.45) is -0.731. The zero-order valence-corrected chi connectivity index (χ0v) is 11.2. The quantitative estimate of drug-likeness (QED) is 0.631. The van der Waals surface area contributed by atoms with E-state index in [-0.39, 0.29) is 4.47 Å². The van der Waals surface area contributed by atoms with Gasteiger partial charge in [0.25, 0.3) is 10.1 Å². The standard InChI is InChI=1S/C9H8BrF3O3S/c1-4(16-17(2,14)15)7-8(12)5(10)3-6(11)9(7)13/h3-4H,1-2H3. The van der Waals surface area contributed by atoms with Gasteiger partial charge in [0.2, 0.25) is 0 Å². The van der Waals surface area contributed by atoms with Crippen LogP contribution in [0.1, 0.15) is 18.6 Å². The lowest BCUT2D eigenvalue weighted by Gasteiger charge is -2.14. The molecule has 0 saturated carbocycles. The topological polar surface area (TPSA) is 43.4 Å². The average Bonchev–Trinajstić information content (AvgIpc) is 2.12. The number of benzene rings is 1. The van der Waals surface area contributed by atoms with Crippen molar-refractivity contribution in [1.82, 2.24) is 0 Å².